The van der Waals surface area contributed by atoms with Gasteiger partial charge < -0.3 is 9.47 Å². The van der Waals surface area contributed by atoms with E-state index in [0.717, 1.165) is 0 Å². The summed E-state index contributed by atoms with van der Waals surface area (Å²) in [5.74, 6) is -1.25. The molecule has 2 rings (SSSR count). The summed E-state index contributed by atoms with van der Waals surface area (Å²) in [6, 6.07) is 9.66. The van der Waals surface area contributed by atoms with Gasteiger partial charge >= 0.3 is 12.1 Å². The lowest BCUT2D eigenvalue weighted by molar-refractivity contribution is -0.153. The fraction of sp³-hybridized carbons (Fsp3) is 0.250. The van der Waals surface area contributed by atoms with Crippen LogP contribution < -0.4 is 4.74 Å². The SMILES string of the molecule is CCOC(=O)c1c(OCC(F)(F)F)c(C#N)cc2ccccc12. The van der Waals surface area contributed by atoms with Crippen molar-refractivity contribution >= 4 is 16.7 Å². The average Bonchev–Trinajstić information content (AvgIpc) is 2.50. The Labute approximate surface area is 130 Å². The monoisotopic (exact) mass is 323 g/mol. The maximum Gasteiger partial charge on any atom is 0.422 e. The maximum atomic E-state index is 12.4. The lowest BCUT2D eigenvalue weighted by Crippen LogP contribution is -2.21. The van der Waals surface area contributed by atoms with Crippen molar-refractivity contribution in [3.05, 3.63) is 41.5 Å². The number of alkyl halides is 3. The van der Waals surface area contributed by atoms with Crippen molar-refractivity contribution in [2.45, 2.75) is 13.1 Å². The smallest absolute Gasteiger partial charge is 0.422 e. The summed E-state index contributed by atoms with van der Waals surface area (Å²) in [5.41, 5.74) is -0.332. The highest BCUT2D eigenvalue weighted by molar-refractivity contribution is 6.08. The van der Waals surface area contributed by atoms with Crippen LogP contribution in [0, 0.1) is 11.3 Å². The van der Waals surface area contributed by atoms with Gasteiger partial charge in [-0.2, -0.15) is 18.4 Å². The van der Waals surface area contributed by atoms with E-state index in [-0.39, 0.29) is 17.7 Å². The molecule has 0 amide bonds. The van der Waals surface area contributed by atoms with Gasteiger partial charge in [0, 0.05) is 5.39 Å². The van der Waals surface area contributed by atoms with Gasteiger partial charge in [0.05, 0.1) is 12.2 Å². The van der Waals surface area contributed by atoms with Gasteiger partial charge in [0.1, 0.15) is 11.6 Å². The van der Waals surface area contributed by atoms with E-state index in [1.54, 1.807) is 37.3 Å². The van der Waals surface area contributed by atoms with Crippen molar-refractivity contribution in [2.24, 2.45) is 0 Å². The third-order valence-electron chi connectivity index (χ3n) is 2.98. The molecule has 0 aliphatic heterocycles. The predicted octanol–water partition coefficient (Wildman–Crippen LogP) is 3.83. The first kappa shape index (κ1) is 16.6. The van der Waals surface area contributed by atoms with Crippen LogP contribution in [-0.2, 0) is 4.74 Å². The topological polar surface area (TPSA) is 59.3 Å². The lowest BCUT2D eigenvalue weighted by atomic mass is 9.99. The molecule has 2 aromatic rings. The number of benzene rings is 2. The van der Waals surface area contributed by atoms with Crippen molar-refractivity contribution in [3.63, 3.8) is 0 Å². The van der Waals surface area contributed by atoms with Gasteiger partial charge in [0.15, 0.2) is 12.4 Å². The van der Waals surface area contributed by atoms with E-state index in [9.17, 15) is 23.2 Å². The normalized spacial score (nSPS) is 11.1. The number of nitrogens with zero attached hydrogens (tertiary/aromatic N) is 1. The van der Waals surface area contributed by atoms with Crippen molar-refractivity contribution < 1.29 is 27.4 Å². The molecular weight excluding hydrogens is 311 g/mol. The second kappa shape index (κ2) is 6.57. The van der Waals surface area contributed by atoms with Crippen LogP contribution in [0.25, 0.3) is 10.8 Å². The molecule has 0 unspecified atom stereocenters. The number of hydrogen-bond donors (Lipinski definition) is 0. The molecule has 0 N–H and O–H groups in total. The van der Waals surface area contributed by atoms with Crippen molar-refractivity contribution in [2.75, 3.05) is 13.2 Å². The molecule has 2 aromatic carbocycles. The number of rotatable bonds is 4. The van der Waals surface area contributed by atoms with E-state index in [0.29, 0.717) is 10.8 Å². The Morgan fingerprint density at radius 3 is 2.61 bits per heavy atom. The molecule has 0 radical (unpaired) electrons. The zero-order valence-electron chi connectivity index (χ0n) is 12.1. The number of fused-ring (bicyclic) bond motifs is 1. The molecule has 0 saturated carbocycles. The van der Waals surface area contributed by atoms with Gasteiger partial charge in [0.2, 0.25) is 0 Å². The summed E-state index contributed by atoms with van der Waals surface area (Å²) in [6.07, 6.45) is -4.59. The van der Waals surface area contributed by atoms with Gasteiger partial charge in [-0.15, -0.1) is 0 Å². The first-order chi connectivity index (χ1) is 10.9. The molecule has 0 spiro atoms. The summed E-state index contributed by atoms with van der Waals surface area (Å²) in [6.45, 7) is 0.0134. The number of hydrogen-bond acceptors (Lipinski definition) is 4. The van der Waals surface area contributed by atoms with Crippen molar-refractivity contribution in [1.29, 1.82) is 5.26 Å². The molecular formula is C16H12F3NO3. The molecule has 0 saturated heterocycles. The van der Waals surface area contributed by atoms with E-state index >= 15 is 0 Å². The highest BCUT2D eigenvalue weighted by Gasteiger charge is 2.31. The quantitative estimate of drug-likeness (QED) is 0.802. The van der Waals surface area contributed by atoms with Crippen LogP contribution in [0.1, 0.15) is 22.8 Å². The summed E-state index contributed by atoms with van der Waals surface area (Å²) < 4.78 is 47.0. The van der Waals surface area contributed by atoms with Crippen molar-refractivity contribution in [1.82, 2.24) is 0 Å². The van der Waals surface area contributed by atoms with E-state index in [1.165, 1.54) is 6.07 Å². The zero-order chi connectivity index (χ0) is 17.0. The van der Waals surface area contributed by atoms with Gasteiger partial charge in [-0.1, -0.05) is 24.3 Å². The minimum absolute atomic E-state index is 0.0443. The lowest BCUT2D eigenvalue weighted by Gasteiger charge is -2.16. The molecule has 7 heteroatoms. The molecule has 0 aromatic heterocycles. The number of esters is 1. The van der Waals surface area contributed by atoms with Crippen LogP contribution >= 0.6 is 0 Å². The minimum Gasteiger partial charge on any atom is -0.482 e. The van der Waals surface area contributed by atoms with Crippen LogP contribution in [0.5, 0.6) is 5.75 Å². The third kappa shape index (κ3) is 3.72. The van der Waals surface area contributed by atoms with Gasteiger partial charge in [0.25, 0.3) is 0 Å². The largest absolute Gasteiger partial charge is 0.482 e. The van der Waals surface area contributed by atoms with Gasteiger partial charge in [-0.3, -0.25) is 0 Å². The van der Waals surface area contributed by atoms with E-state index < -0.39 is 24.5 Å². The highest BCUT2D eigenvalue weighted by atomic mass is 19.4. The maximum absolute atomic E-state index is 12.4. The first-order valence-electron chi connectivity index (χ1n) is 6.70. The molecule has 0 fully saturated rings. The summed E-state index contributed by atoms with van der Waals surface area (Å²) in [4.78, 5) is 12.2. The van der Waals surface area contributed by atoms with Gasteiger partial charge in [-0.05, 0) is 18.4 Å². The highest BCUT2D eigenvalue weighted by Crippen LogP contribution is 2.33. The van der Waals surface area contributed by atoms with Crippen LogP contribution in [0.2, 0.25) is 0 Å². The molecule has 0 aliphatic carbocycles. The van der Waals surface area contributed by atoms with Gasteiger partial charge in [-0.25, -0.2) is 4.79 Å². The number of carbonyl (C=O) groups excluding carboxylic acids is 1. The van der Waals surface area contributed by atoms with Crippen molar-refractivity contribution in [3.8, 4) is 11.8 Å². The Kier molecular flexibility index (Phi) is 4.74. The molecule has 0 bridgehead atoms. The predicted molar refractivity (Wildman–Crippen MR) is 76.2 cm³/mol. The number of halogens is 3. The third-order valence-corrected chi connectivity index (χ3v) is 2.98. The molecule has 23 heavy (non-hydrogen) atoms. The van der Waals surface area contributed by atoms with E-state index in [1.807, 2.05) is 0 Å². The fourth-order valence-corrected chi connectivity index (χ4v) is 2.12. The minimum atomic E-state index is -4.59. The second-order valence-electron chi connectivity index (χ2n) is 4.59. The molecule has 4 nitrogen and oxygen atoms in total. The first-order valence-corrected chi connectivity index (χ1v) is 6.70. The fourth-order valence-electron chi connectivity index (χ4n) is 2.12. The molecule has 0 atom stereocenters. The van der Waals surface area contributed by atoms with E-state index in [4.69, 9.17) is 9.47 Å². The average molecular weight is 323 g/mol. The standard InChI is InChI=1S/C16H12F3NO3/c1-2-22-15(21)13-12-6-4-3-5-10(12)7-11(8-20)14(13)23-9-16(17,18)19/h3-7H,2,9H2,1H3. The van der Waals surface area contributed by atoms with Crippen LogP contribution in [0.3, 0.4) is 0 Å². The number of nitriles is 1. The Bertz CT molecular complexity index is 778. The zero-order valence-corrected chi connectivity index (χ0v) is 12.1. The Balaban J connectivity index is 2.67. The molecule has 0 heterocycles. The Hall–Kier alpha value is -2.75. The second-order valence-corrected chi connectivity index (χ2v) is 4.59. The van der Waals surface area contributed by atoms with Crippen LogP contribution in [-0.4, -0.2) is 25.4 Å². The van der Waals surface area contributed by atoms with Crippen LogP contribution in [0.15, 0.2) is 30.3 Å². The molecule has 120 valence electrons. The molecule has 0 aliphatic rings. The Morgan fingerprint density at radius 2 is 2.00 bits per heavy atom. The van der Waals surface area contributed by atoms with E-state index in [2.05, 4.69) is 0 Å². The number of ether oxygens (including phenoxy) is 2. The number of carbonyl (C=O) groups is 1. The Morgan fingerprint density at radius 1 is 1.30 bits per heavy atom. The summed E-state index contributed by atoms with van der Waals surface area (Å²) >= 11 is 0. The van der Waals surface area contributed by atoms with Crippen LogP contribution in [0.4, 0.5) is 13.2 Å². The summed E-state index contributed by atoms with van der Waals surface area (Å²) in [5, 5.41) is 10.1. The summed E-state index contributed by atoms with van der Waals surface area (Å²) in [7, 11) is 0.